The van der Waals surface area contributed by atoms with Crippen molar-refractivity contribution in [3.8, 4) is 11.4 Å². The Hall–Kier alpha value is -1.84. The van der Waals surface area contributed by atoms with Crippen LogP contribution in [0, 0.1) is 0 Å². The van der Waals surface area contributed by atoms with E-state index in [1.807, 2.05) is 26.0 Å². The van der Waals surface area contributed by atoms with Crippen molar-refractivity contribution >= 4 is 0 Å². The van der Waals surface area contributed by atoms with E-state index in [4.69, 9.17) is 0 Å². The van der Waals surface area contributed by atoms with Gasteiger partial charge in [-0.3, -0.25) is 0 Å². The first kappa shape index (κ1) is 9.71. The van der Waals surface area contributed by atoms with Gasteiger partial charge >= 0.3 is 0 Å². The molecule has 2 aromatic rings. The van der Waals surface area contributed by atoms with Gasteiger partial charge in [-0.15, -0.1) is 5.10 Å². The molecule has 4 heteroatoms. The summed E-state index contributed by atoms with van der Waals surface area (Å²) in [5, 5.41) is 17.4. The predicted molar refractivity (Wildman–Crippen MR) is 57.1 cm³/mol. The second kappa shape index (κ2) is 3.73. The Kier molecular flexibility index (Phi) is 2.41. The lowest BCUT2D eigenvalue weighted by molar-refractivity contribution is 0.464. The third-order valence-electron chi connectivity index (χ3n) is 2.32. The molecule has 0 bridgehead atoms. The quantitative estimate of drug-likeness (QED) is 0.813. The number of phenols is 1. The van der Waals surface area contributed by atoms with Crippen LogP contribution in [0.1, 0.15) is 25.3 Å². The Bertz CT molecular complexity index is 449. The van der Waals surface area contributed by atoms with Crippen LogP contribution < -0.4 is 0 Å². The number of aromatic nitrogens is 3. The monoisotopic (exact) mass is 203 g/mol. The molecule has 1 heterocycles. The van der Waals surface area contributed by atoms with Crippen molar-refractivity contribution in [1.29, 1.82) is 0 Å². The molecule has 2 rings (SSSR count). The zero-order valence-electron chi connectivity index (χ0n) is 8.75. The first-order valence-electron chi connectivity index (χ1n) is 4.88. The van der Waals surface area contributed by atoms with Crippen molar-refractivity contribution < 1.29 is 5.11 Å². The maximum absolute atomic E-state index is 9.80. The lowest BCUT2D eigenvalue weighted by atomic mass is 10.0. The maximum Gasteiger partial charge on any atom is 0.121 e. The van der Waals surface area contributed by atoms with Crippen LogP contribution >= 0.6 is 0 Å². The van der Waals surface area contributed by atoms with Gasteiger partial charge in [-0.1, -0.05) is 25.1 Å². The van der Waals surface area contributed by atoms with Gasteiger partial charge in [0.1, 0.15) is 5.75 Å². The molecule has 0 saturated heterocycles. The van der Waals surface area contributed by atoms with E-state index in [2.05, 4.69) is 10.3 Å². The van der Waals surface area contributed by atoms with Gasteiger partial charge in [0.2, 0.25) is 0 Å². The van der Waals surface area contributed by atoms with Crippen molar-refractivity contribution in [3.05, 3.63) is 36.2 Å². The van der Waals surface area contributed by atoms with Gasteiger partial charge in [0.15, 0.2) is 0 Å². The first-order chi connectivity index (χ1) is 7.18. The maximum atomic E-state index is 9.80. The van der Waals surface area contributed by atoms with E-state index in [-0.39, 0.29) is 0 Å². The lowest BCUT2D eigenvalue weighted by Crippen LogP contribution is -1.96. The smallest absolute Gasteiger partial charge is 0.121 e. The summed E-state index contributed by atoms with van der Waals surface area (Å²) in [6, 6.07) is 5.53. The van der Waals surface area contributed by atoms with E-state index in [1.54, 1.807) is 23.1 Å². The summed E-state index contributed by atoms with van der Waals surface area (Å²) in [6.45, 7) is 4.09. The summed E-state index contributed by atoms with van der Waals surface area (Å²) in [6.07, 6.45) is 3.34. The molecule has 1 aromatic carbocycles. The van der Waals surface area contributed by atoms with Gasteiger partial charge in [-0.25, -0.2) is 4.68 Å². The van der Waals surface area contributed by atoms with Gasteiger partial charge in [0, 0.05) is 6.07 Å². The molecule has 0 unspecified atom stereocenters. The molecule has 78 valence electrons. The molecule has 1 N–H and O–H groups in total. The van der Waals surface area contributed by atoms with E-state index in [9.17, 15) is 5.11 Å². The molecule has 0 radical (unpaired) electrons. The minimum Gasteiger partial charge on any atom is -0.508 e. The molecular weight excluding hydrogens is 190 g/mol. The van der Waals surface area contributed by atoms with Crippen molar-refractivity contribution in [3.63, 3.8) is 0 Å². The Morgan fingerprint density at radius 1 is 1.33 bits per heavy atom. The van der Waals surface area contributed by atoms with Crippen molar-refractivity contribution in [2.75, 3.05) is 0 Å². The minimum absolute atomic E-state index is 0.304. The molecule has 0 aliphatic rings. The highest BCUT2D eigenvalue weighted by molar-refractivity contribution is 5.44. The van der Waals surface area contributed by atoms with Gasteiger partial charge < -0.3 is 5.11 Å². The summed E-state index contributed by atoms with van der Waals surface area (Å²) >= 11 is 0. The van der Waals surface area contributed by atoms with E-state index in [0.717, 1.165) is 11.3 Å². The summed E-state index contributed by atoms with van der Waals surface area (Å²) in [7, 11) is 0. The van der Waals surface area contributed by atoms with Crippen LogP contribution in [0.2, 0.25) is 0 Å². The summed E-state index contributed by atoms with van der Waals surface area (Å²) < 4.78 is 1.61. The molecule has 0 aliphatic carbocycles. The molecule has 4 nitrogen and oxygen atoms in total. The lowest BCUT2D eigenvalue weighted by Gasteiger charge is -2.09. The third-order valence-corrected chi connectivity index (χ3v) is 2.32. The average Bonchev–Trinajstić information content (AvgIpc) is 2.69. The molecule has 1 aromatic heterocycles. The SMILES string of the molecule is CC(C)c1ccc(-n2ccnn2)cc1O. The van der Waals surface area contributed by atoms with E-state index in [0.29, 0.717) is 11.7 Å². The molecule has 0 atom stereocenters. The largest absolute Gasteiger partial charge is 0.508 e. The predicted octanol–water partition coefficient (Wildman–Crippen LogP) is 2.10. The summed E-state index contributed by atoms with van der Waals surface area (Å²) in [5.74, 6) is 0.618. The van der Waals surface area contributed by atoms with Crippen molar-refractivity contribution in [2.45, 2.75) is 19.8 Å². The molecule has 0 aliphatic heterocycles. The Morgan fingerprint density at radius 2 is 2.13 bits per heavy atom. The molecule has 0 saturated carbocycles. The highest BCUT2D eigenvalue weighted by Gasteiger charge is 2.07. The van der Waals surface area contributed by atoms with Crippen LogP contribution in [0.15, 0.2) is 30.6 Å². The topological polar surface area (TPSA) is 50.9 Å². The fraction of sp³-hybridized carbons (Fsp3) is 0.273. The van der Waals surface area contributed by atoms with Gasteiger partial charge in [-0.05, 0) is 17.5 Å². The second-order valence-electron chi connectivity index (χ2n) is 3.75. The normalized spacial score (nSPS) is 10.9. The molecule has 0 spiro atoms. The van der Waals surface area contributed by atoms with Gasteiger partial charge in [-0.2, -0.15) is 0 Å². The molecule has 15 heavy (non-hydrogen) atoms. The van der Waals surface area contributed by atoms with E-state index >= 15 is 0 Å². The molecular formula is C11H13N3O. The zero-order valence-corrected chi connectivity index (χ0v) is 8.75. The Labute approximate surface area is 88.2 Å². The third kappa shape index (κ3) is 1.83. The molecule has 0 fully saturated rings. The number of nitrogens with zero attached hydrogens (tertiary/aromatic N) is 3. The fourth-order valence-electron chi connectivity index (χ4n) is 1.51. The Balaban J connectivity index is 2.42. The fourth-order valence-corrected chi connectivity index (χ4v) is 1.51. The van der Waals surface area contributed by atoms with E-state index < -0.39 is 0 Å². The van der Waals surface area contributed by atoms with Crippen LogP contribution in [0.5, 0.6) is 5.75 Å². The van der Waals surface area contributed by atoms with Crippen LogP contribution in [-0.4, -0.2) is 20.1 Å². The van der Waals surface area contributed by atoms with E-state index in [1.165, 1.54) is 0 Å². The second-order valence-corrected chi connectivity index (χ2v) is 3.75. The van der Waals surface area contributed by atoms with Gasteiger partial charge in [0.05, 0.1) is 18.1 Å². The minimum atomic E-state index is 0.304. The standard InChI is InChI=1S/C11H13N3O/c1-8(2)10-4-3-9(7-11(10)15)14-6-5-12-13-14/h3-8,15H,1-2H3. The average molecular weight is 203 g/mol. The van der Waals surface area contributed by atoms with Crippen LogP contribution in [0.25, 0.3) is 5.69 Å². The zero-order chi connectivity index (χ0) is 10.8. The Morgan fingerprint density at radius 3 is 2.67 bits per heavy atom. The van der Waals surface area contributed by atoms with Crippen molar-refractivity contribution in [1.82, 2.24) is 15.0 Å². The van der Waals surface area contributed by atoms with Crippen LogP contribution in [0.4, 0.5) is 0 Å². The number of rotatable bonds is 2. The van der Waals surface area contributed by atoms with Crippen molar-refractivity contribution in [2.24, 2.45) is 0 Å². The number of benzene rings is 1. The number of hydrogen-bond acceptors (Lipinski definition) is 3. The first-order valence-corrected chi connectivity index (χ1v) is 4.88. The van der Waals surface area contributed by atoms with Gasteiger partial charge in [0.25, 0.3) is 0 Å². The summed E-state index contributed by atoms with van der Waals surface area (Å²) in [4.78, 5) is 0. The van der Waals surface area contributed by atoms with Crippen LogP contribution in [-0.2, 0) is 0 Å². The number of aromatic hydroxyl groups is 1. The number of phenolic OH excluding ortho intramolecular Hbond substituents is 1. The van der Waals surface area contributed by atoms with Crippen LogP contribution in [0.3, 0.4) is 0 Å². The highest BCUT2D eigenvalue weighted by Crippen LogP contribution is 2.27. The number of hydrogen-bond donors (Lipinski definition) is 1. The molecule has 0 amide bonds. The highest BCUT2D eigenvalue weighted by atomic mass is 16.3. The summed E-state index contributed by atoms with van der Waals surface area (Å²) in [5.41, 5.74) is 1.76.